The molecule has 0 aliphatic heterocycles. The topological polar surface area (TPSA) is 71.7 Å². The van der Waals surface area contributed by atoms with Gasteiger partial charge in [0.05, 0.1) is 16.6 Å². The summed E-state index contributed by atoms with van der Waals surface area (Å²) in [5.41, 5.74) is 2.11. The summed E-state index contributed by atoms with van der Waals surface area (Å²) in [6, 6.07) is 12.0. The van der Waals surface area contributed by atoms with E-state index < -0.39 is 10.1 Å². The Bertz CT molecular complexity index is 837. The molecule has 0 saturated carbocycles. The molecule has 21 heavy (non-hydrogen) atoms. The van der Waals surface area contributed by atoms with E-state index in [0.29, 0.717) is 0 Å². The van der Waals surface area contributed by atoms with Gasteiger partial charge in [0.2, 0.25) is 0 Å². The van der Waals surface area contributed by atoms with Crippen molar-refractivity contribution in [2.24, 2.45) is 0 Å². The van der Waals surface area contributed by atoms with Crippen molar-refractivity contribution in [3.63, 3.8) is 0 Å². The maximum absolute atomic E-state index is 10.5. The molecule has 3 aromatic rings. The third-order valence-electron chi connectivity index (χ3n) is 2.94. The number of benzene rings is 1. The lowest BCUT2D eigenvalue weighted by Crippen LogP contribution is -1.96. The Kier molecular flexibility index (Phi) is 4.40. The van der Waals surface area contributed by atoms with Crippen LogP contribution in [0.4, 0.5) is 0 Å². The van der Waals surface area contributed by atoms with Crippen LogP contribution >= 0.6 is 0 Å². The summed E-state index contributed by atoms with van der Waals surface area (Å²) in [6.07, 6.45) is 3.88. The van der Waals surface area contributed by atoms with Crippen LogP contribution in [-0.2, 0) is 10.1 Å². The van der Waals surface area contributed by atoms with Crippen molar-refractivity contribution in [3.05, 3.63) is 66.2 Å². The van der Waals surface area contributed by atoms with E-state index in [4.69, 9.17) is 4.55 Å². The molecule has 0 bridgehead atoms. The summed E-state index contributed by atoms with van der Waals surface area (Å²) in [4.78, 5) is 4.09. The van der Waals surface area contributed by atoms with Crippen molar-refractivity contribution >= 4 is 15.6 Å². The van der Waals surface area contributed by atoms with Crippen LogP contribution in [0, 0.1) is 13.8 Å². The molecule has 0 radical (unpaired) electrons. The Morgan fingerprint density at radius 2 is 1.71 bits per heavy atom. The molecule has 0 spiro atoms. The van der Waals surface area contributed by atoms with E-state index in [9.17, 15) is 8.42 Å². The molecule has 2 aromatic heterocycles. The van der Waals surface area contributed by atoms with Gasteiger partial charge >= 0.3 is 0 Å². The van der Waals surface area contributed by atoms with Crippen molar-refractivity contribution in [1.82, 2.24) is 9.38 Å². The molecule has 5 nitrogen and oxygen atoms in total. The van der Waals surface area contributed by atoms with Crippen LogP contribution in [0.5, 0.6) is 0 Å². The third kappa shape index (κ3) is 3.90. The average molecular weight is 304 g/mol. The number of aryl methyl sites for hydroxylation is 2. The van der Waals surface area contributed by atoms with Gasteiger partial charge in [-0.1, -0.05) is 23.8 Å². The van der Waals surface area contributed by atoms with E-state index in [-0.39, 0.29) is 4.90 Å². The second-order valence-electron chi connectivity index (χ2n) is 4.59. The lowest BCUT2D eigenvalue weighted by atomic mass is 10.2. The Balaban J connectivity index is 0.000000154. The molecule has 0 aliphatic rings. The van der Waals surface area contributed by atoms with Gasteiger partial charge in [-0.2, -0.15) is 8.42 Å². The number of hydrogen-bond donors (Lipinski definition) is 1. The minimum absolute atomic E-state index is 0.0666. The molecule has 0 saturated heterocycles. The van der Waals surface area contributed by atoms with Gasteiger partial charge in [0.1, 0.15) is 5.82 Å². The molecule has 1 aromatic carbocycles. The van der Waals surface area contributed by atoms with Crippen LogP contribution in [-0.4, -0.2) is 22.4 Å². The van der Waals surface area contributed by atoms with Gasteiger partial charge in [-0.15, -0.1) is 0 Å². The zero-order valence-corrected chi connectivity index (χ0v) is 12.6. The van der Waals surface area contributed by atoms with Gasteiger partial charge < -0.3 is 4.40 Å². The fraction of sp³-hybridized carbons (Fsp3) is 0.133. The first-order chi connectivity index (χ1) is 9.88. The van der Waals surface area contributed by atoms with Gasteiger partial charge in [-0.25, -0.2) is 4.98 Å². The first kappa shape index (κ1) is 15.2. The molecular weight excluding hydrogens is 288 g/mol. The molecule has 6 heteroatoms. The maximum atomic E-state index is 10.5. The Labute approximate surface area is 123 Å². The third-order valence-corrected chi connectivity index (χ3v) is 3.81. The lowest BCUT2D eigenvalue weighted by Gasteiger charge is -1.95. The predicted molar refractivity (Wildman–Crippen MR) is 80.9 cm³/mol. The number of hydrogen-bond acceptors (Lipinski definition) is 3. The van der Waals surface area contributed by atoms with Crippen molar-refractivity contribution in [2.45, 2.75) is 18.7 Å². The van der Waals surface area contributed by atoms with Crippen LogP contribution in [0.15, 0.2) is 59.8 Å². The first-order valence-electron chi connectivity index (χ1n) is 6.31. The minimum atomic E-state index is -4.02. The summed E-state index contributed by atoms with van der Waals surface area (Å²) in [7, 11) is -4.02. The van der Waals surface area contributed by atoms with Gasteiger partial charge in [-0.3, -0.25) is 4.55 Å². The Morgan fingerprint density at radius 1 is 1.05 bits per heavy atom. The predicted octanol–water partition coefficient (Wildman–Crippen LogP) is 2.88. The van der Waals surface area contributed by atoms with E-state index in [2.05, 4.69) is 9.38 Å². The fourth-order valence-corrected chi connectivity index (χ4v) is 2.27. The second-order valence-corrected chi connectivity index (χ2v) is 6.01. The summed E-state index contributed by atoms with van der Waals surface area (Å²) in [5.74, 6) is 1.04. The van der Waals surface area contributed by atoms with Gasteiger partial charge in [0.25, 0.3) is 10.1 Å². The molecular formula is C15H16N2O3S. The van der Waals surface area contributed by atoms with Crippen molar-refractivity contribution in [1.29, 1.82) is 0 Å². The number of imidazole rings is 1. The highest BCUT2D eigenvalue weighted by Gasteiger charge is 2.06. The first-order valence-corrected chi connectivity index (χ1v) is 7.75. The summed E-state index contributed by atoms with van der Waals surface area (Å²) >= 11 is 0. The van der Waals surface area contributed by atoms with E-state index >= 15 is 0 Å². The smallest absolute Gasteiger partial charge is 0.294 e. The Hall–Kier alpha value is -2.18. The van der Waals surface area contributed by atoms with Crippen LogP contribution in [0.3, 0.4) is 0 Å². The summed E-state index contributed by atoms with van der Waals surface area (Å²) in [6.45, 7) is 3.83. The molecule has 110 valence electrons. The molecule has 2 heterocycles. The van der Waals surface area contributed by atoms with Crippen molar-refractivity contribution in [3.8, 4) is 0 Å². The quantitative estimate of drug-likeness (QED) is 0.702. The standard InChI is InChI=1S/C8H8N2.C7H8O3S/c1-7-9-6-8-4-2-3-5-10(7)8;1-6-2-4-7(5-3-6)11(8,9)10/h2-6H,1H3;2-5H,1H3,(H,8,9,10). The molecule has 0 amide bonds. The van der Waals surface area contributed by atoms with E-state index in [1.54, 1.807) is 12.1 Å². The van der Waals surface area contributed by atoms with Gasteiger partial charge in [-0.05, 0) is 38.1 Å². The molecule has 0 aliphatic carbocycles. The summed E-state index contributed by atoms with van der Waals surface area (Å²) < 4.78 is 31.6. The number of fused-ring (bicyclic) bond motifs is 1. The number of rotatable bonds is 1. The molecule has 1 N–H and O–H groups in total. The maximum Gasteiger partial charge on any atom is 0.294 e. The highest BCUT2D eigenvalue weighted by molar-refractivity contribution is 7.85. The second kappa shape index (κ2) is 6.07. The van der Waals surface area contributed by atoms with Crippen LogP contribution in [0.25, 0.3) is 5.52 Å². The van der Waals surface area contributed by atoms with Crippen molar-refractivity contribution in [2.75, 3.05) is 0 Å². The minimum Gasteiger partial charge on any atom is -0.304 e. The molecule has 0 fully saturated rings. The van der Waals surface area contributed by atoms with Gasteiger partial charge in [0, 0.05) is 6.20 Å². The lowest BCUT2D eigenvalue weighted by molar-refractivity contribution is 0.483. The molecule has 0 atom stereocenters. The van der Waals surface area contributed by atoms with E-state index in [1.807, 2.05) is 44.4 Å². The summed E-state index contributed by atoms with van der Waals surface area (Å²) in [5, 5.41) is 0. The van der Waals surface area contributed by atoms with E-state index in [1.165, 1.54) is 12.1 Å². The highest BCUT2D eigenvalue weighted by Crippen LogP contribution is 2.08. The zero-order valence-electron chi connectivity index (χ0n) is 11.8. The fourth-order valence-electron chi connectivity index (χ4n) is 1.79. The monoisotopic (exact) mass is 304 g/mol. The van der Waals surface area contributed by atoms with Crippen LogP contribution < -0.4 is 0 Å². The average Bonchev–Trinajstić information content (AvgIpc) is 2.81. The number of nitrogens with zero attached hydrogens (tertiary/aromatic N) is 2. The van der Waals surface area contributed by atoms with Crippen molar-refractivity contribution < 1.29 is 13.0 Å². The SMILES string of the molecule is Cc1ccc(S(=O)(=O)O)cc1.Cc1ncc2ccccn12. The van der Waals surface area contributed by atoms with Gasteiger partial charge in [0.15, 0.2) is 0 Å². The Morgan fingerprint density at radius 3 is 2.29 bits per heavy atom. The van der Waals surface area contributed by atoms with E-state index in [0.717, 1.165) is 16.9 Å². The molecule has 3 rings (SSSR count). The number of pyridine rings is 1. The largest absolute Gasteiger partial charge is 0.304 e. The number of aromatic nitrogens is 2. The highest BCUT2D eigenvalue weighted by atomic mass is 32.2. The van der Waals surface area contributed by atoms with Crippen LogP contribution in [0.2, 0.25) is 0 Å². The zero-order chi connectivity index (χ0) is 15.5. The normalized spacial score (nSPS) is 11.0. The molecule has 0 unspecified atom stereocenters. The van der Waals surface area contributed by atoms with Crippen LogP contribution in [0.1, 0.15) is 11.4 Å².